The van der Waals surface area contributed by atoms with Crippen molar-refractivity contribution < 1.29 is 14.3 Å². The zero-order valence-corrected chi connectivity index (χ0v) is 15.8. The van der Waals surface area contributed by atoms with Gasteiger partial charge in [0, 0.05) is 19.7 Å². The van der Waals surface area contributed by atoms with Gasteiger partial charge in [-0.15, -0.1) is 0 Å². The standard InChI is InChI=1S/C21H26N2O3/c1-15(2)13-14-26-17-11-9-16(10-12-17)20(24)22-19-8-6-5-7-18(19)21(25)23(3)4/h5-12,15H,13-14H2,1-4H3,(H,22,24). The van der Waals surface area contributed by atoms with E-state index in [1.807, 2.05) is 0 Å². The molecule has 5 heteroatoms. The lowest BCUT2D eigenvalue weighted by molar-refractivity contribution is 0.0828. The molecule has 2 aromatic carbocycles. The molecule has 0 fully saturated rings. The minimum absolute atomic E-state index is 0.158. The molecule has 0 unspecified atom stereocenters. The number of para-hydroxylation sites is 1. The SMILES string of the molecule is CC(C)CCOc1ccc(C(=O)Nc2ccccc2C(=O)N(C)C)cc1. The Morgan fingerprint density at radius 2 is 1.69 bits per heavy atom. The van der Waals surface area contributed by atoms with Crippen LogP contribution in [0, 0.1) is 5.92 Å². The number of ether oxygens (including phenoxy) is 1. The Kier molecular flexibility index (Phi) is 6.78. The summed E-state index contributed by atoms with van der Waals surface area (Å²) >= 11 is 0. The van der Waals surface area contributed by atoms with Gasteiger partial charge in [0.05, 0.1) is 17.9 Å². The molecule has 2 rings (SSSR count). The number of carbonyl (C=O) groups is 2. The van der Waals surface area contributed by atoms with Gasteiger partial charge < -0.3 is 15.0 Å². The van der Waals surface area contributed by atoms with Gasteiger partial charge in [0.2, 0.25) is 0 Å². The first-order chi connectivity index (χ1) is 12.4. The van der Waals surface area contributed by atoms with E-state index in [1.165, 1.54) is 4.90 Å². The molecule has 26 heavy (non-hydrogen) atoms. The van der Waals surface area contributed by atoms with E-state index < -0.39 is 0 Å². The Morgan fingerprint density at radius 3 is 2.31 bits per heavy atom. The monoisotopic (exact) mass is 354 g/mol. The summed E-state index contributed by atoms with van der Waals surface area (Å²) in [6.45, 7) is 4.95. The van der Waals surface area contributed by atoms with Gasteiger partial charge in [-0.05, 0) is 48.7 Å². The van der Waals surface area contributed by atoms with Gasteiger partial charge in [-0.3, -0.25) is 9.59 Å². The summed E-state index contributed by atoms with van der Waals surface area (Å²) in [6, 6.07) is 14.0. The van der Waals surface area contributed by atoms with E-state index in [9.17, 15) is 9.59 Å². The van der Waals surface area contributed by atoms with Crippen LogP contribution in [0.15, 0.2) is 48.5 Å². The number of nitrogens with zero attached hydrogens (tertiary/aromatic N) is 1. The number of nitrogens with one attached hydrogen (secondary N) is 1. The molecule has 0 aliphatic carbocycles. The fourth-order valence-corrected chi connectivity index (χ4v) is 2.33. The first-order valence-corrected chi connectivity index (χ1v) is 8.73. The first-order valence-electron chi connectivity index (χ1n) is 8.73. The lowest BCUT2D eigenvalue weighted by Crippen LogP contribution is -2.24. The Hall–Kier alpha value is -2.82. The Balaban J connectivity index is 2.05. The van der Waals surface area contributed by atoms with E-state index in [0.717, 1.165) is 12.2 Å². The average molecular weight is 354 g/mol. The molecule has 0 radical (unpaired) electrons. The number of amides is 2. The third-order valence-corrected chi connectivity index (χ3v) is 3.89. The Labute approximate surface area is 155 Å². The van der Waals surface area contributed by atoms with E-state index in [0.29, 0.717) is 29.3 Å². The first kappa shape index (κ1) is 19.5. The van der Waals surface area contributed by atoms with Gasteiger partial charge in [0.15, 0.2) is 0 Å². The molecule has 0 aliphatic heterocycles. The normalized spacial score (nSPS) is 10.5. The van der Waals surface area contributed by atoms with Gasteiger partial charge in [-0.1, -0.05) is 26.0 Å². The number of rotatable bonds is 7. The molecule has 0 bridgehead atoms. The van der Waals surface area contributed by atoms with Crippen molar-refractivity contribution in [1.29, 1.82) is 0 Å². The number of anilines is 1. The van der Waals surface area contributed by atoms with Gasteiger partial charge >= 0.3 is 0 Å². The summed E-state index contributed by atoms with van der Waals surface area (Å²) in [6.07, 6.45) is 0.985. The highest BCUT2D eigenvalue weighted by atomic mass is 16.5. The van der Waals surface area contributed by atoms with Crippen molar-refractivity contribution in [3.05, 3.63) is 59.7 Å². The molecule has 0 aliphatic rings. The second kappa shape index (κ2) is 9.04. The molecule has 0 atom stereocenters. The molecule has 0 saturated carbocycles. The molecule has 5 nitrogen and oxygen atoms in total. The second-order valence-electron chi connectivity index (χ2n) is 6.75. The van der Waals surface area contributed by atoms with Gasteiger partial charge in [0.1, 0.15) is 5.75 Å². The summed E-state index contributed by atoms with van der Waals surface area (Å²) < 4.78 is 5.66. The van der Waals surface area contributed by atoms with Crippen LogP contribution in [0.25, 0.3) is 0 Å². The van der Waals surface area contributed by atoms with Crippen molar-refractivity contribution in [2.75, 3.05) is 26.0 Å². The van der Waals surface area contributed by atoms with Crippen LogP contribution in [0.2, 0.25) is 0 Å². The molecular weight excluding hydrogens is 328 g/mol. The van der Waals surface area contributed by atoms with Crippen LogP contribution in [-0.4, -0.2) is 37.4 Å². The Morgan fingerprint density at radius 1 is 1.04 bits per heavy atom. The fourth-order valence-electron chi connectivity index (χ4n) is 2.33. The zero-order chi connectivity index (χ0) is 19.1. The van der Waals surface area contributed by atoms with Crippen LogP contribution in [0.4, 0.5) is 5.69 Å². The van der Waals surface area contributed by atoms with Crippen molar-refractivity contribution in [2.24, 2.45) is 5.92 Å². The smallest absolute Gasteiger partial charge is 0.255 e. The lowest BCUT2D eigenvalue weighted by Gasteiger charge is -2.15. The number of hydrogen-bond acceptors (Lipinski definition) is 3. The maximum absolute atomic E-state index is 12.5. The number of hydrogen-bond donors (Lipinski definition) is 1. The Bertz CT molecular complexity index is 752. The van der Waals surface area contributed by atoms with Crippen LogP contribution in [0.1, 0.15) is 41.0 Å². The van der Waals surface area contributed by atoms with E-state index in [-0.39, 0.29) is 11.8 Å². The van der Waals surface area contributed by atoms with E-state index in [4.69, 9.17) is 4.74 Å². The second-order valence-corrected chi connectivity index (χ2v) is 6.75. The lowest BCUT2D eigenvalue weighted by atomic mass is 10.1. The summed E-state index contributed by atoms with van der Waals surface area (Å²) in [4.78, 5) is 26.2. The van der Waals surface area contributed by atoms with Crippen LogP contribution in [0.3, 0.4) is 0 Å². The number of carbonyl (C=O) groups excluding carboxylic acids is 2. The summed E-state index contributed by atoms with van der Waals surface area (Å²) in [7, 11) is 3.36. The highest BCUT2D eigenvalue weighted by Gasteiger charge is 2.15. The van der Waals surface area contributed by atoms with Crippen LogP contribution in [-0.2, 0) is 0 Å². The van der Waals surface area contributed by atoms with Crippen molar-refractivity contribution in [1.82, 2.24) is 4.90 Å². The van der Waals surface area contributed by atoms with E-state index >= 15 is 0 Å². The van der Waals surface area contributed by atoms with Crippen LogP contribution < -0.4 is 10.1 Å². The molecular formula is C21H26N2O3. The minimum atomic E-state index is -0.266. The molecule has 2 amide bonds. The van der Waals surface area contributed by atoms with Gasteiger partial charge in [0.25, 0.3) is 11.8 Å². The third-order valence-electron chi connectivity index (χ3n) is 3.89. The maximum atomic E-state index is 12.5. The summed E-state index contributed by atoms with van der Waals surface area (Å²) in [5, 5.41) is 2.81. The minimum Gasteiger partial charge on any atom is -0.494 e. The van der Waals surface area contributed by atoms with E-state index in [2.05, 4.69) is 19.2 Å². The predicted octanol–water partition coefficient (Wildman–Crippen LogP) is 4.07. The molecule has 138 valence electrons. The highest BCUT2D eigenvalue weighted by Crippen LogP contribution is 2.19. The zero-order valence-electron chi connectivity index (χ0n) is 15.8. The van der Waals surface area contributed by atoms with Crippen molar-refractivity contribution in [3.63, 3.8) is 0 Å². The largest absolute Gasteiger partial charge is 0.494 e. The van der Waals surface area contributed by atoms with E-state index in [1.54, 1.807) is 62.6 Å². The maximum Gasteiger partial charge on any atom is 0.255 e. The van der Waals surface area contributed by atoms with Crippen molar-refractivity contribution >= 4 is 17.5 Å². The topological polar surface area (TPSA) is 58.6 Å². The molecule has 0 heterocycles. The van der Waals surface area contributed by atoms with Crippen LogP contribution >= 0.6 is 0 Å². The quantitative estimate of drug-likeness (QED) is 0.815. The summed E-state index contributed by atoms with van der Waals surface area (Å²) in [5.74, 6) is 0.905. The summed E-state index contributed by atoms with van der Waals surface area (Å²) in [5.41, 5.74) is 1.46. The third kappa shape index (κ3) is 5.34. The number of benzene rings is 2. The molecule has 0 spiro atoms. The average Bonchev–Trinajstić information content (AvgIpc) is 2.61. The van der Waals surface area contributed by atoms with Crippen LogP contribution in [0.5, 0.6) is 5.75 Å². The van der Waals surface area contributed by atoms with Gasteiger partial charge in [-0.25, -0.2) is 0 Å². The van der Waals surface area contributed by atoms with Gasteiger partial charge in [-0.2, -0.15) is 0 Å². The fraction of sp³-hybridized carbons (Fsp3) is 0.333. The molecule has 2 aromatic rings. The molecule has 1 N–H and O–H groups in total. The molecule has 0 saturated heterocycles. The van der Waals surface area contributed by atoms with Crippen molar-refractivity contribution in [2.45, 2.75) is 20.3 Å². The van der Waals surface area contributed by atoms with Crippen molar-refractivity contribution in [3.8, 4) is 5.75 Å². The molecule has 0 aromatic heterocycles. The predicted molar refractivity (Wildman–Crippen MR) is 104 cm³/mol. The highest BCUT2D eigenvalue weighted by molar-refractivity contribution is 6.08.